The molecule has 84 valence electrons. The highest BCUT2D eigenvalue weighted by molar-refractivity contribution is 6.02. The number of carbonyl (C=O) groups excluding carboxylic acids is 1. The molecular weight excluding hydrogens is 212 g/mol. The fraction of sp³-hybridized carbons (Fsp3) is 0.214. The Hall–Kier alpha value is -2.03. The zero-order valence-corrected chi connectivity index (χ0v) is 9.34. The van der Waals surface area contributed by atoms with Crippen LogP contribution in [0.4, 0.5) is 0 Å². The van der Waals surface area contributed by atoms with Gasteiger partial charge >= 0.3 is 0 Å². The van der Waals surface area contributed by atoms with Crippen LogP contribution in [0, 0.1) is 5.92 Å². The molecule has 1 heterocycles. The second kappa shape index (κ2) is 4.09. The predicted molar refractivity (Wildman–Crippen MR) is 63.7 cm³/mol. The van der Waals surface area contributed by atoms with Gasteiger partial charge in [-0.2, -0.15) is 0 Å². The van der Waals surface area contributed by atoms with Gasteiger partial charge in [0.25, 0.3) is 0 Å². The smallest absolute Gasteiger partial charge is 0.167 e. The number of carbonyl (C=O) groups is 1. The van der Waals surface area contributed by atoms with Crippen LogP contribution >= 0.6 is 0 Å². The topological polar surface area (TPSA) is 42.9 Å². The number of aromatic nitrogens is 2. The third-order valence-corrected chi connectivity index (χ3v) is 3.17. The van der Waals surface area contributed by atoms with E-state index in [1.54, 1.807) is 18.5 Å². The van der Waals surface area contributed by atoms with Gasteiger partial charge in [0.05, 0.1) is 0 Å². The van der Waals surface area contributed by atoms with Crippen LogP contribution in [0.1, 0.15) is 21.7 Å². The standard InChI is InChI=1S/C14H12N2O/c17-14-11(9-13-15-6-3-7-16-13)8-10-4-1-2-5-12(10)14/h1-7,11H,8-9H2. The molecule has 0 fully saturated rings. The molecule has 3 nitrogen and oxygen atoms in total. The summed E-state index contributed by atoms with van der Waals surface area (Å²) in [5.41, 5.74) is 2.02. The Bertz CT molecular complexity index is 551. The molecule has 0 saturated carbocycles. The highest BCUT2D eigenvalue weighted by Crippen LogP contribution is 2.28. The second-order valence-corrected chi connectivity index (χ2v) is 4.29. The van der Waals surface area contributed by atoms with E-state index in [-0.39, 0.29) is 11.7 Å². The van der Waals surface area contributed by atoms with E-state index >= 15 is 0 Å². The molecule has 1 unspecified atom stereocenters. The first kappa shape index (κ1) is 10.1. The molecule has 0 saturated heterocycles. The van der Waals surface area contributed by atoms with Gasteiger partial charge in [0.1, 0.15) is 5.82 Å². The SMILES string of the molecule is O=C1c2ccccc2CC1Cc1ncccn1. The van der Waals surface area contributed by atoms with Crippen LogP contribution in [0.15, 0.2) is 42.7 Å². The van der Waals surface area contributed by atoms with Gasteiger partial charge in [-0.15, -0.1) is 0 Å². The molecule has 0 spiro atoms. The molecule has 1 aromatic heterocycles. The minimum Gasteiger partial charge on any atom is -0.294 e. The van der Waals surface area contributed by atoms with Crippen LogP contribution in [-0.4, -0.2) is 15.8 Å². The first-order chi connectivity index (χ1) is 8.34. The van der Waals surface area contributed by atoms with Crippen molar-refractivity contribution in [3.63, 3.8) is 0 Å². The Morgan fingerprint density at radius 3 is 2.65 bits per heavy atom. The normalized spacial score (nSPS) is 18.1. The van der Waals surface area contributed by atoms with Gasteiger partial charge in [-0.3, -0.25) is 4.79 Å². The summed E-state index contributed by atoms with van der Waals surface area (Å²) >= 11 is 0. The van der Waals surface area contributed by atoms with Crippen molar-refractivity contribution in [3.05, 3.63) is 59.7 Å². The van der Waals surface area contributed by atoms with E-state index in [0.29, 0.717) is 6.42 Å². The molecule has 1 aromatic carbocycles. The number of ketones is 1. The van der Waals surface area contributed by atoms with E-state index < -0.39 is 0 Å². The zero-order valence-electron chi connectivity index (χ0n) is 9.34. The Morgan fingerprint density at radius 1 is 1.12 bits per heavy atom. The Morgan fingerprint density at radius 2 is 1.88 bits per heavy atom. The third kappa shape index (κ3) is 1.84. The van der Waals surface area contributed by atoms with Crippen LogP contribution < -0.4 is 0 Å². The van der Waals surface area contributed by atoms with Crippen LogP contribution in [0.5, 0.6) is 0 Å². The van der Waals surface area contributed by atoms with E-state index in [1.807, 2.05) is 24.3 Å². The van der Waals surface area contributed by atoms with Crippen molar-refractivity contribution in [2.75, 3.05) is 0 Å². The maximum Gasteiger partial charge on any atom is 0.167 e. The quantitative estimate of drug-likeness (QED) is 0.784. The lowest BCUT2D eigenvalue weighted by Gasteiger charge is -2.05. The molecule has 17 heavy (non-hydrogen) atoms. The van der Waals surface area contributed by atoms with Gasteiger partial charge in [0, 0.05) is 30.3 Å². The lowest BCUT2D eigenvalue weighted by Crippen LogP contribution is -2.13. The van der Waals surface area contributed by atoms with E-state index in [1.165, 1.54) is 0 Å². The summed E-state index contributed by atoms with van der Waals surface area (Å²) in [4.78, 5) is 20.5. The number of benzene rings is 1. The minimum atomic E-state index is 0.00907. The fourth-order valence-electron chi connectivity index (χ4n) is 2.34. The van der Waals surface area contributed by atoms with E-state index in [0.717, 1.165) is 23.4 Å². The number of hydrogen-bond acceptors (Lipinski definition) is 3. The lowest BCUT2D eigenvalue weighted by atomic mass is 10.0. The largest absolute Gasteiger partial charge is 0.294 e. The van der Waals surface area contributed by atoms with Crippen LogP contribution in [0.25, 0.3) is 0 Å². The number of fused-ring (bicyclic) bond motifs is 1. The molecule has 0 aliphatic heterocycles. The predicted octanol–water partition coefficient (Wildman–Crippen LogP) is 2.07. The molecule has 0 bridgehead atoms. The highest BCUT2D eigenvalue weighted by Gasteiger charge is 2.30. The summed E-state index contributed by atoms with van der Waals surface area (Å²) in [5, 5.41) is 0. The maximum absolute atomic E-state index is 12.1. The third-order valence-electron chi connectivity index (χ3n) is 3.17. The molecule has 3 rings (SSSR count). The maximum atomic E-state index is 12.1. The number of hydrogen-bond donors (Lipinski definition) is 0. The summed E-state index contributed by atoms with van der Waals surface area (Å²) in [6, 6.07) is 9.61. The Balaban J connectivity index is 1.83. The molecule has 0 amide bonds. The molecular formula is C14H12N2O. The molecule has 1 atom stereocenters. The summed E-state index contributed by atoms with van der Waals surface area (Å²) in [5.74, 6) is 0.988. The van der Waals surface area contributed by atoms with Crippen molar-refractivity contribution < 1.29 is 4.79 Å². The zero-order chi connectivity index (χ0) is 11.7. The van der Waals surface area contributed by atoms with Crippen LogP contribution in [-0.2, 0) is 12.8 Å². The summed E-state index contributed by atoms with van der Waals surface area (Å²) < 4.78 is 0. The molecule has 0 N–H and O–H groups in total. The first-order valence-corrected chi connectivity index (χ1v) is 5.72. The van der Waals surface area contributed by atoms with E-state index in [2.05, 4.69) is 9.97 Å². The second-order valence-electron chi connectivity index (χ2n) is 4.29. The van der Waals surface area contributed by atoms with Gasteiger partial charge in [-0.25, -0.2) is 9.97 Å². The van der Waals surface area contributed by atoms with Crippen molar-refractivity contribution >= 4 is 5.78 Å². The van der Waals surface area contributed by atoms with Crippen LogP contribution in [0.3, 0.4) is 0 Å². The van der Waals surface area contributed by atoms with Crippen molar-refractivity contribution in [2.24, 2.45) is 5.92 Å². The van der Waals surface area contributed by atoms with Crippen molar-refractivity contribution in [1.82, 2.24) is 9.97 Å². The number of nitrogens with zero attached hydrogens (tertiary/aromatic N) is 2. The van der Waals surface area contributed by atoms with Crippen molar-refractivity contribution in [3.8, 4) is 0 Å². The monoisotopic (exact) mass is 224 g/mol. The number of Topliss-reactive ketones (excluding diaryl/α,β-unsaturated/α-hetero) is 1. The summed E-state index contributed by atoms with van der Waals surface area (Å²) in [6.45, 7) is 0. The number of rotatable bonds is 2. The van der Waals surface area contributed by atoms with Gasteiger partial charge in [-0.1, -0.05) is 24.3 Å². The lowest BCUT2D eigenvalue weighted by molar-refractivity contribution is 0.0935. The van der Waals surface area contributed by atoms with Gasteiger partial charge in [0.15, 0.2) is 5.78 Å². The summed E-state index contributed by atoms with van der Waals surface area (Å²) in [7, 11) is 0. The molecule has 3 heteroatoms. The molecule has 1 aliphatic carbocycles. The van der Waals surface area contributed by atoms with E-state index in [4.69, 9.17) is 0 Å². The fourth-order valence-corrected chi connectivity index (χ4v) is 2.34. The average molecular weight is 224 g/mol. The molecule has 1 aliphatic rings. The highest BCUT2D eigenvalue weighted by atomic mass is 16.1. The van der Waals surface area contributed by atoms with Crippen molar-refractivity contribution in [2.45, 2.75) is 12.8 Å². The Labute approximate surface area is 99.5 Å². The first-order valence-electron chi connectivity index (χ1n) is 5.72. The Kier molecular flexibility index (Phi) is 2.44. The van der Waals surface area contributed by atoms with Gasteiger partial charge in [-0.05, 0) is 18.1 Å². The molecule has 0 radical (unpaired) electrons. The van der Waals surface area contributed by atoms with Gasteiger partial charge < -0.3 is 0 Å². The minimum absolute atomic E-state index is 0.00907. The molecule has 2 aromatic rings. The van der Waals surface area contributed by atoms with Gasteiger partial charge in [0.2, 0.25) is 0 Å². The van der Waals surface area contributed by atoms with Crippen LogP contribution in [0.2, 0.25) is 0 Å². The van der Waals surface area contributed by atoms with Crippen molar-refractivity contribution in [1.29, 1.82) is 0 Å². The summed E-state index contributed by atoms with van der Waals surface area (Å²) in [6.07, 6.45) is 4.88. The average Bonchev–Trinajstić information content (AvgIpc) is 2.68. The van der Waals surface area contributed by atoms with E-state index in [9.17, 15) is 4.79 Å².